The molecule has 0 saturated carbocycles. The summed E-state index contributed by atoms with van der Waals surface area (Å²) in [5, 5.41) is 7.67. The minimum Gasteiger partial charge on any atom is -0.255 e. The van der Waals surface area contributed by atoms with E-state index in [1.165, 1.54) is 61.9 Å². The first-order valence-electron chi connectivity index (χ1n) is 12.0. The fourth-order valence-corrected chi connectivity index (χ4v) is 9.10. The number of rotatable bonds is 3. The van der Waals surface area contributed by atoms with Crippen LogP contribution in [0.15, 0.2) is 48.0 Å². The molecule has 2 aromatic carbocycles. The number of aryl methyl sites for hydroxylation is 1. The molecule has 0 atom stereocenters. The maximum atomic E-state index is 4.95. The highest BCUT2D eigenvalue weighted by atomic mass is 32.1. The van der Waals surface area contributed by atoms with Crippen LogP contribution in [-0.4, -0.2) is 4.98 Å². The maximum Gasteiger partial charge on any atom is 0.0880 e. The highest BCUT2D eigenvalue weighted by molar-refractivity contribution is 7.28. The number of hydrogen-bond donors (Lipinski definition) is 0. The van der Waals surface area contributed by atoms with Crippen molar-refractivity contribution in [1.29, 1.82) is 0 Å². The number of benzene rings is 2. The summed E-state index contributed by atoms with van der Waals surface area (Å²) in [6, 6.07) is 13.8. The molecule has 0 amide bonds. The van der Waals surface area contributed by atoms with Crippen molar-refractivity contribution in [2.45, 2.75) is 53.4 Å². The number of nitrogens with zero attached hydrogens (tertiary/aromatic N) is 1. The van der Waals surface area contributed by atoms with Gasteiger partial charge in [0, 0.05) is 46.9 Å². The molecule has 6 aromatic rings. The molecule has 1 nitrogen and oxygen atoms in total. The average molecular weight is 500 g/mol. The van der Waals surface area contributed by atoms with Crippen molar-refractivity contribution in [1.82, 2.24) is 4.98 Å². The van der Waals surface area contributed by atoms with E-state index >= 15 is 0 Å². The lowest BCUT2D eigenvalue weighted by Gasteiger charge is -2.21. The first-order valence-corrected chi connectivity index (χ1v) is 14.5. The van der Waals surface area contributed by atoms with Crippen molar-refractivity contribution in [3.63, 3.8) is 0 Å². The molecule has 6 rings (SSSR count). The molecule has 34 heavy (non-hydrogen) atoms. The molecule has 172 valence electrons. The molecule has 0 radical (unpaired) electrons. The summed E-state index contributed by atoms with van der Waals surface area (Å²) >= 11 is 5.75. The van der Waals surface area contributed by atoms with Crippen LogP contribution >= 0.6 is 34.0 Å². The van der Waals surface area contributed by atoms with Gasteiger partial charge in [0.1, 0.15) is 0 Å². The van der Waals surface area contributed by atoms with Gasteiger partial charge in [-0.3, -0.25) is 4.98 Å². The summed E-state index contributed by atoms with van der Waals surface area (Å²) in [7, 11) is 0. The number of pyridine rings is 1. The molecule has 0 aliphatic heterocycles. The van der Waals surface area contributed by atoms with E-state index in [1.54, 1.807) is 0 Å². The Hall–Kier alpha value is -2.27. The second-order valence-electron chi connectivity index (χ2n) is 10.8. The number of aromatic nitrogens is 1. The Morgan fingerprint density at radius 1 is 0.912 bits per heavy atom. The van der Waals surface area contributed by atoms with Crippen LogP contribution in [-0.2, 0) is 11.8 Å². The molecule has 0 aliphatic carbocycles. The topological polar surface area (TPSA) is 12.9 Å². The molecule has 0 spiro atoms. The van der Waals surface area contributed by atoms with E-state index in [0.717, 1.165) is 12.1 Å². The standard InChI is InChI=1S/C30H29NS3/c1-16(2)13-24-17(3)25-23(33-24)8-7-20-21-9-11-31-26(29(21)34-28(20)25)19-14-18-10-12-32-27(18)22(15-19)30(4,5)6/h7-12,14-16H,13H2,1-6H3. The first kappa shape index (κ1) is 22.2. The Labute approximate surface area is 213 Å². The van der Waals surface area contributed by atoms with Gasteiger partial charge in [0.25, 0.3) is 0 Å². The van der Waals surface area contributed by atoms with E-state index in [-0.39, 0.29) is 5.41 Å². The van der Waals surface area contributed by atoms with Crippen LogP contribution < -0.4 is 0 Å². The highest BCUT2D eigenvalue weighted by Gasteiger charge is 2.22. The Morgan fingerprint density at radius 2 is 1.71 bits per heavy atom. The molecule has 4 aromatic heterocycles. The Morgan fingerprint density at radius 3 is 2.47 bits per heavy atom. The summed E-state index contributed by atoms with van der Waals surface area (Å²) in [4.78, 5) is 6.48. The summed E-state index contributed by atoms with van der Waals surface area (Å²) < 4.78 is 5.53. The average Bonchev–Trinajstić information content (AvgIpc) is 3.47. The third-order valence-electron chi connectivity index (χ3n) is 6.77. The highest BCUT2D eigenvalue weighted by Crippen LogP contribution is 2.46. The lowest BCUT2D eigenvalue weighted by molar-refractivity contribution is 0.597. The SMILES string of the molecule is Cc1c(CC(C)C)sc2ccc3c4ccnc(-c5cc(C(C)(C)C)c6sccc6c5)c4sc3c12. The van der Waals surface area contributed by atoms with Gasteiger partial charge in [0.15, 0.2) is 0 Å². The van der Waals surface area contributed by atoms with Crippen LogP contribution in [0.25, 0.3) is 51.6 Å². The quantitative estimate of drug-likeness (QED) is 0.236. The molecule has 4 heteroatoms. The van der Waals surface area contributed by atoms with Crippen molar-refractivity contribution in [3.8, 4) is 11.3 Å². The van der Waals surface area contributed by atoms with Gasteiger partial charge in [-0.15, -0.1) is 34.0 Å². The van der Waals surface area contributed by atoms with Gasteiger partial charge in [0.05, 0.1) is 10.4 Å². The number of fused-ring (bicyclic) bond motifs is 6. The van der Waals surface area contributed by atoms with E-state index < -0.39 is 0 Å². The van der Waals surface area contributed by atoms with Crippen LogP contribution in [0.1, 0.15) is 50.6 Å². The van der Waals surface area contributed by atoms with E-state index in [1.807, 2.05) is 40.2 Å². The van der Waals surface area contributed by atoms with Gasteiger partial charge in [0.2, 0.25) is 0 Å². The predicted molar refractivity (Wildman–Crippen MR) is 155 cm³/mol. The van der Waals surface area contributed by atoms with Gasteiger partial charge in [-0.25, -0.2) is 0 Å². The fraction of sp³-hybridized carbons (Fsp3) is 0.300. The van der Waals surface area contributed by atoms with Crippen molar-refractivity contribution in [2.24, 2.45) is 5.92 Å². The molecule has 0 fully saturated rings. The molecular weight excluding hydrogens is 471 g/mol. The lowest BCUT2D eigenvalue weighted by atomic mass is 9.85. The summed E-state index contributed by atoms with van der Waals surface area (Å²) in [5.74, 6) is 0.671. The Kier molecular flexibility index (Phi) is 5.14. The van der Waals surface area contributed by atoms with E-state index in [4.69, 9.17) is 4.98 Å². The van der Waals surface area contributed by atoms with Gasteiger partial charge in [-0.2, -0.15) is 0 Å². The third-order valence-corrected chi connectivity index (χ3v) is 10.3. The zero-order valence-corrected chi connectivity index (χ0v) is 23.0. The molecule has 0 N–H and O–H groups in total. The predicted octanol–water partition coefficient (Wildman–Crippen LogP) is 10.4. The zero-order chi connectivity index (χ0) is 23.8. The summed E-state index contributed by atoms with van der Waals surface area (Å²) in [6.45, 7) is 13.9. The van der Waals surface area contributed by atoms with Crippen LogP contribution in [0.3, 0.4) is 0 Å². The molecule has 4 heterocycles. The third kappa shape index (κ3) is 3.42. The summed E-state index contributed by atoms with van der Waals surface area (Å²) in [6.07, 6.45) is 3.15. The minimum absolute atomic E-state index is 0.0833. The van der Waals surface area contributed by atoms with Crippen molar-refractivity contribution < 1.29 is 0 Å². The molecule has 0 saturated heterocycles. The first-order chi connectivity index (χ1) is 16.2. The largest absolute Gasteiger partial charge is 0.255 e. The smallest absolute Gasteiger partial charge is 0.0880 e. The maximum absolute atomic E-state index is 4.95. The zero-order valence-electron chi connectivity index (χ0n) is 20.6. The van der Waals surface area contributed by atoms with Crippen molar-refractivity contribution >= 4 is 74.4 Å². The molecule has 0 aliphatic rings. The van der Waals surface area contributed by atoms with Gasteiger partial charge >= 0.3 is 0 Å². The lowest BCUT2D eigenvalue weighted by Crippen LogP contribution is -2.11. The van der Waals surface area contributed by atoms with E-state index in [9.17, 15) is 0 Å². The van der Waals surface area contributed by atoms with E-state index in [0.29, 0.717) is 5.92 Å². The number of thiophene rings is 3. The number of hydrogen-bond acceptors (Lipinski definition) is 4. The van der Waals surface area contributed by atoms with Crippen LogP contribution in [0.2, 0.25) is 0 Å². The second kappa shape index (κ2) is 7.87. The second-order valence-corrected chi connectivity index (χ2v) is 13.9. The van der Waals surface area contributed by atoms with E-state index in [2.05, 4.69) is 83.3 Å². The monoisotopic (exact) mass is 499 g/mol. The fourth-order valence-electron chi connectivity index (χ4n) is 5.08. The van der Waals surface area contributed by atoms with Crippen molar-refractivity contribution in [3.05, 3.63) is 64.0 Å². The Balaban J connectivity index is 1.65. The van der Waals surface area contributed by atoms with Gasteiger partial charge in [-0.05, 0) is 76.9 Å². The van der Waals surface area contributed by atoms with Crippen LogP contribution in [0.4, 0.5) is 0 Å². The molecule has 0 bridgehead atoms. The van der Waals surface area contributed by atoms with Crippen LogP contribution in [0, 0.1) is 12.8 Å². The Bertz CT molecular complexity index is 1700. The molecule has 0 unspecified atom stereocenters. The van der Waals surface area contributed by atoms with Gasteiger partial charge in [-0.1, -0.05) is 40.7 Å². The van der Waals surface area contributed by atoms with Crippen molar-refractivity contribution in [2.75, 3.05) is 0 Å². The molecular formula is C30H29NS3. The minimum atomic E-state index is 0.0833. The van der Waals surface area contributed by atoms with Crippen LogP contribution in [0.5, 0.6) is 0 Å². The normalized spacial score (nSPS) is 12.8. The van der Waals surface area contributed by atoms with Gasteiger partial charge < -0.3 is 0 Å². The summed E-state index contributed by atoms with van der Waals surface area (Å²) in [5.41, 5.74) is 5.30.